The molecule has 1 amide bonds. The first-order chi connectivity index (χ1) is 18.4. The second-order valence-corrected chi connectivity index (χ2v) is 10.6. The number of hydrogen-bond acceptors (Lipinski definition) is 9. The summed E-state index contributed by atoms with van der Waals surface area (Å²) < 4.78 is 18.2. The van der Waals surface area contributed by atoms with Crippen LogP contribution in [0.3, 0.4) is 0 Å². The Morgan fingerprint density at radius 3 is 2.61 bits per heavy atom. The number of pyridine rings is 1. The summed E-state index contributed by atoms with van der Waals surface area (Å²) in [7, 11) is 3.18. The van der Waals surface area contributed by atoms with Gasteiger partial charge in [-0.2, -0.15) is 0 Å². The first kappa shape index (κ1) is 26.2. The molecule has 0 radical (unpaired) electrons. The maximum atomic E-state index is 13.7. The molecule has 2 aromatic heterocycles. The molecule has 2 saturated heterocycles. The number of anilines is 1. The van der Waals surface area contributed by atoms with E-state index in [0.29, 0.717) is 77.0 Å². The van der Waals surface area contributed by atoms with Crippen molar-refractivity contribution in [3.05, 3.63) is 68.5 Å². The number of carbonyl (C=O) groups excluding carboxylic acids is 1. The van der Waals surface area contributed by atoms with Gasteiger partial charge in [-0.25, -0.2) is 4.98 Å². The van der Waals surface area contributed by atoms with E-state index in [9.17, 15) is 9.59 Å². The topological polar surface area (TPSA) is 85.6 Å². The molecule has 0 aliphatic carbocycles. The Kier molecular flexibility index (Phi) is 7.68. The van der Waals surface area contributed by atoms with Gasteiger partial charge in [-0.15, -0.1) is 0 Å². The smallest absolute Gasteiger partial charge is 0.267 e. The van der Waals surface area contributed by atoms with Crippen molar-refractivity contribution in [1.82, 2.24) is 14.3 Å². The zero-order chi connectivity index (χ0) is 26.8. The molecular formula is C27H28N4O5S2. The van der Waals surface area contributed by atoms with Crippen LogP contribution in [0, 0.1) is 6.92 Å². The summed E-state index contributed by atoms with van der Waals surface area (Å²) in [5.41, 5.74) is 2.63. The zero-order valence-electron chi connectivity index (χ0n) is 21.4. The second-order valence-electron chi connectivity index (χ2n) is 8.96. The van der Waals surface area contributed by atoms with E-state index in [-0.39, 0.29) is 11.5 Å². The van der Waals surface area contributed by atoms with Crippen molar-refractivity contribution in [1.29, 1.82) is 0 Å². The van der Waals surface area contributed by atoms with Crippen molar-refractivity contribution in [3.8, 4) is 11.5 Å². The molecule has 4 heterocycles. The number of hydrogen-bond donors (Lipinski definition) is 0. The number of amides is 1. The molecular weight excluding hydrogens is 524 g/mol. The van der Waals surface area contributed by atoms with E-state index in [4.69, 9.17) is 31.4 Å². The molecule has 3 aromatic rings. The Morgan fingerprint density at radius 1 is 1.11 bits per heavy atom. The van der Waals surface area contributed by atoms with E-state index in [1.54, 1.807) is 31.4 Å². The van der Waals surface area contributed by atoms with Crippen LogP contribution >= 0.6 is 24.0 Å². The molecule has 0 bridgehead atoms. The molecule has 5 rings (SSSR count). The number of nitrogens with zero attached hydrogens (tertiary/aromatic N) is 4. The largest absolute Gasteiger partial charge is 0.493 e. The highest BCUT2D eigenvalue weighted by Gasteiger charge is 2.33. The lowest BCUT2D eigenvalue weighted by Crippen LogP contribution is -2.38. The minimum atomic E-state index is -0.226. The third kappa shape index (κ3) is 5.13. The highest BCUT2D eigenvalue weighted by atomic mass is 32.2. The summed E-state index contributed by atoms with van der Waals surface area (Å²) in [6, 6.07) is 9.43. The average Bonchev–Trinajstić information content (AvgIpc) is 3.20. The van der Waals surface area contributed by atoms with Crippen molar-refractivity contribution in [2.45, 2.75) is 13.3 Å². The standard InChI is InChI=1S/C27H28N4O5S2/c1-17-4-7-23-28-24(29-10-12-36-13-11-29)19(25(32)31(23)16-17)15-22-26(33)30(27(37)38-22)9-8-18-5-6-20(34-2)21(14-18)35-3/h4-7,14-16H,8-13H2,1-3H3/b22-15+. The molecule has 0 atom stereocenters. The summed E-state index contributed by atoms with van der Waals surface area (Å²) in [5, 5.41) is 0. The van der Waals surface area contributed by atoms with Crippen LogP contribution in [-0.4, -0.2) is 71.6 Å². The fourth-order valence-electron chi connectivity index (χ4n) is 4.49. The molecule has 0 spiro atoms. The molecule has 2 aliphatic heterocycles. The number of morpholine rings is 1. The number of aryl methyl sites for hydroxylation is 1. The predicted molar refractivity (Wildman–Crippen MR) is 152 cm³/mol. The molecule has 2 fully saturated rings. The van der Waals surface area contributed by atoms with Gasteiger partial charge in [-0.3, -0.25) is 18.9 Å². The number of thiocarbonyl (C=S) groups is 1. The molecule has 1 aromatic carbocycles. The van der Waals surface area contributed by atoms with Crippen LogP contribution in [0.25, 0.3) is 11.7 Å². The molecule has 0 unspecified atom stereocenters. The Morgan fingerprint density at radius 2 is 1.87 bits per heavy atom. The van der Waals surface area contributed by atoms with Gasteiger partial charge in [0.1, 0.15) is 15.8 Å². The zero-order valence-corrected chi connectivity index (χ0v) is 23.1. The first-order valence-corrected chi connectivity index (χ1v) is 13.4. The van der Waals surface area contributed by atoms with E-state index in [1.165, 1.54) is 16.2 Å². The fourth-order valence-corrected chi connectivity index (χ4v) is 5.78. The molecule has 9 nitrogen and oxygen atoms in total. The number of carbonyl (C=O) groups is 1. The fraction of sp³-hybridized carbons (Fsp3) is 0.333. The highest BCUT2D eigenvalue weighted by molar-refractivity contribution is 8.26. The van der Waals surface area contributed by atoms with Crippen LogP contribution in [0.2, 0.25) is 0 Å². The molecule has 2 aliphatic rings. The molecule has 0 saturated carbocycles. The predicted octanol–water partition coefficient (Wildman–Crippen LogP) is 3.30. The van der Waals surface area contributed by atoms with Crippen molar-refractivity contribution in [2.24, 2.45) is 0 Å². The molecule has 11 heteroatoms. The third-order valence-electron chi connectivity index (χ3n) is 6.52. The van der Waals surface area contributed by atoms with Gasteiger partial charge in [0.05, 0.1) is 37.9 Å². The number of rotatable bonds is 7. The van der Waals surface area contributed by atoms with E-state index in [2.05, 4.69) is 0 Å². The maximum Gasteiger partial charge on any atom is 0.267 e. The normalized spacial score (nSPS) is 17.1. The van der Waals surface area contributed by atoms with E-state index in [1.807, 2.05) is 42.2 Å². The van der Waals surface area contributed by atoms with Gasteiger partial charge >= 0.3 is 0 Å². The maximum absolute atomic E-state index is 13.7. The van der Waals surface area contributed by atoms with Crippen molar-refractivity contribution >= 4 is 51.7 Å². The van der Waals surface area contributed by atoms with E-state index >= 15 is 0 Å². The summed E-state index contributed by atoms with van der Waals surface area (Å²) in [5.74, 6) is 1.61. The van der Waals surface area contributed by atoms with Gasteiger partial charge in [-0.1, -0.05) is 36.1 Å². The Labute approximate surface area is 230 Å². The number of benzene rings is 1. The Hall–Kier alpha value is -3.41. The SMILES string of the molecule is COc1ccc(CCN2C(=O)/C(=C\c3c(N4CCOCC4)nc4ccc(C)cn4c3=O)SC2=S)cc1OC. The average molecular weight is 553 g/mol. The van der Waals surface area contributed by atoms with E-state index in [0.717, 1.165) is 11.1 Å². The van der Waals surface area contributed by atoms with E-state index < -0.39 is 0 Å². The van der Waals surface area contributed by atoms with Crippen LogP contribution in [0.1, 0.15) is 16.7 Å². The van der Waals surface area contributed by atoms with Crippen LogP contribution in [0.15, 0.2) is 46.2 Å². The quantitative estimate of drug-likeness (QED) is 0.324. The minimum absolute atomic E-state index is 0.220. The minimum Gasteiger partial charge on any atom is -0.493 e. The summed E-state index contributed by atoms with van der Waals surface area (Å²) >= 11 is 6.76. The summed E-state index contributed by atoms with van der Waals surface area (Å²) in [4.78, 5) is 35.9. The van der Waals surface area contributed by atoms with Crippen LogP contribution in [-0.2, 0) is 16.0 Å². The lowest BCUT2D eigenvalue weighted by Gasteiger charge is -2.29. The van der Waals surface area contributed by atoms with Gasteiger partial charge in [0, 0.05) is 25.8 Å². The second kappa shape index (κ2) is 11.1. The lowest BCUT2D eigenvalue weighted by molar-refractivity contribution is -0.122. The van der Waals surface area contributed by atoms with Gasteiger partial charge in [-0.05, 0) is 48.7 Å². The van der Waals surface area contributed by atoms with Gasteiger partial charge < -0.3 is 19.1 Å². The number of thioether (sulfide) groups is 1. The summed E-state index contributed by atoms with van der Waals surface area (Å²) in [6.45, 7) is 4.65. The van der Waals surface area contributed by atoms with Gasteiger partial charge in [0.15, 0.2) is 11.5 Å². The van der Waals surface area contributed by atoms with Crippen LogP contribution in [0.5, 0.6) is 11.5 Å². The third-order valence-corrected chi connectivity index (χ3v) is 7.89. The number of ether oxygens (including phenoxy) is 3. The van der Waals surface area contributed by atoms with Gasteiger partial charge in [0.25, 0.3) is 11.5 Å². The molecule has 0 N–H and O–H groups in total. The lowest BCUT2D eigenvalue weighted by atomic mass is 10.1. The Bertz CT molecular complexity index is 1500. The van der Waals surface area contributed by atoms with Gasteiger partial charge in [0.2, 0.25) is 0 Å². The van der Waals surface area contributed by atoms with Crippen LogP contribution in [0.4, 0.5) is 5.82 Å². The number of aromatic nitrogens is 2. The van der Waals surface area contributed by atoms with Crippen molar-refractivity contribution < 1.29 is 19.0 Å². The first-order valence-electron chi connectivity index (χ1n) is 12.2. The summed E-state index contributed by atoms with van der Waals surface area (Å²) in [6.07, 6.45) is 3.99. The van der Waals surface area contributed by atoms with Crippen molar-refractivity contribution in [2.75, 3.05) is 52.0 Å². The van der Waals surface area contributed by atoms with Crippen molar-refractivity contribution in [3.63, 3.8) is 0 Å². The molecule has 198 valence electrons. The monoisotopic (exact) mass is 552 g/mol. The number of fused-ring (bicyclic) bond motifs is 1. The van der Waals surface area contributed by atoms with Crippen LogP contribution < -0.4 is 19.9 Å². The molecule has 38 heavy (non-hydrogen) atoms. The highest BCUT2D eigenvalue weighted by Crippen LogP contribution is 2.34. The Balaban J connectivity index is 1.46. The number of methoxy groups -OCH3 is 2.